The molecule has 1 aromatic carbocycles. The van der Waals surface area contributed by atoms with Gasteiger partial charge >= 0.3 is 0 Å². The van der Waals surface area contributed by atoms with Crippen molar-refractivity contribution in [3.05, 3.63) is 28.8 Å². The molecule has 0 radical (unpaired) electrons. The predicted octanol–water partition coefficient (Wildman–Crippen LogP) is 15.8. The summed E-state index contributed by atoms with van der Waals surface area (Å²) in [5.41, 5.74) is 9.35. The van der Waals surface area contributed by atoms with Gasteiger partial charge in [-0.15, -0.1) is 0 Å². The summed E-state index contributed by atoms with van der Waals surface area (Å²) in [6.07, 6.45) is 45.9. The molecule has 0 aliphatic rings. The zero-order valence-corrected chi connectivity index (χ0v) is 33.1. The van der Waals surface area contributed by atoms with Crippen molar-refractivity contribution in [1.82, 2.24) is 5.01 Å². The summed E-state index contributed by atoms with van der Waals surface area (Å²) in [6, 6.07) is 4.66. The van der Waals surface area contributed by atoms with Crippen LogP contribution in [0, 0.1) is 20.8 Å². The van der Waals surface area contributed by atoms with Crippen molar-refractivity contribution in [3.63, 3.8) is 0 Å². The molecule has 276 valence electrons. The van der Waals surface area contributed by atoms with Gasteiger partial charge in [0, 0.05) is 13.1 Å². The maximum absolute atomic E-state index is 3.88. The number of benzene rings is 1. The minimum Gasteiger partial charge on any atom is -0.318 e. The highest BCUT2D eigenvalue weighted by Crippen LogP contribution is 2.23. The third kappa shape index (κ3) is 27.5. The summed E-state index contributed by atoms with van der Waals surface area (Å²) >= 11 is 0. The van der Waals surface area contributed by atoms with Crippen LogP contribution in [0.5, 0.6) is 0 Å². The Morgan fingerprint density at radius 1 is 0.362 bits per heavy atom. The molecular weight excluding hydrogens is 569 g/mol. The van der Waals surface area contributed by atoms with Crippen molar-refractivity contribution in [2.24, 2.45) is 0 Å². The Labute approximate surface area is 297 Å². The molecule has 1 N–H and O–H groups in total. The van der Waals surface area contributed by atoms with Crippen LogP contribution in [0.4, 0.5) is 5.69 Å². The number of hydrogen-bond acceptors (Lipinski definition) is 2. The molecule has 0 saturated carbocycles. The van der Waals surface area contributed by atoms with Crippen molar-refractivity contribution in [2.45, 2.75) is 240 Å². The number of anilines is 1. The van der Waals surface area contributed by atoms with Gasteiger partial charge in [-0.05, 0) is 44.7 Å². The molecule has 0 atom stereocenters. The van der Waals surface area contributed by atoms with Gasteiger partial charge in [0.1, 0.15) is 0 Å². The highest BCUT2D eigenvalue weighted by molar-refractivity contribution is 5.57. The van der Waals surface area contributed by atoms with E-state index in [-0.39, 0.29) is 0 Å². The molecule has 0 spiro atoms. The van der Waals surface area contributed by atoms with Gasteiger partial charge in [0.05, 0.1) is 5.69 Å². The number of hydrazine groups is 1. The van der Waals surface area contributed by atoms with E-state index in [0.717, 1.165) is 0 Å². The minimum absolute atomic E-state index is 1.17. The van der Waals surface area contributed by atoms with Crippen molar-refractivity contribution < 1.29 is 0 Å². The van der Waals surface area contributed by atoms with Gasteiger partial charge in [-0.1, -0.05) is 224 Å². The summed E-state index contributed by atoms with van der Waals surface area (Å²) < 4.78 is 0. The quantitative estimate of drug-likeness (QED) is 0.0572. The summed E-state index contributed by atoms with van der Waals surface area (Å²) in [5, 5.41) is 2.55. The number of aryl methyl sites for hydroxylation is 3. The molecular formula is C45H86N2. The van der Waals surface area contributed by atoms with Gasteiger partial charge < -0.3 is 5.43 Å². The lowest BCUT2D eigenvalue weighted by molar-refractivity contribution is 0.309. The molecule has 0 unspecified atom stereocenters. The van der Waals surface area contributed by atoms with Crippen molar-refractivity contribution in [3.8, 4) is 0 Å². The summed E-state index contributed by atoms with van der Waals surface area (Å²) in [6.45, 7) is 13.7. The van der Waals surface area contributed by atoms with Gasteiger partial charge in [-0.3, -0.25) is 0 Å². The van der Waals surface area contributed by atoms with E-state index in [1.54, 1.807) is 0 Å². The minimum atomic E-state index is 1.17. The smallest absolute Gasteiger partial charge is 0.0548 e. The SMILES string of the molecule is CCCCCCCCCCCCCCCCCCN(CCCCCCCCCCCCCCCCCC)Nc1c(C)cc(C)cc1C. The standard InChI is InChI=1S/C45H86N2/c1-6-8-10-12-14-16-18-20-22-24-26-28-30-32-34-36-38-47(46-45-43(4)40-42(3)41-44(45)5)39-37-35-33-31-29-27-25-23-21-19-17-15-13-11-9-7-2/h40-41,46H,6-39H2,1-5H3. The molecule has 0 heterocycles. The van der Waals surface area contributed by atoms with E-state index < -0.39 is 0 Å². The van der Waals surface area contributed by atoms with Crippen molar-refractivity contribution in [1.29, 1.82) is 0 Å². The molecule has 1 aromatic rings. The van der Waals surface area contributed by atoms with Crippen LogP contribution in [-0.2, 0) is 0 Å². The Balaban J connectivity index is 2.14. The van der Waals surface area contributed by atoms with Crippen LogP contribution >= 0.6 is 0 Å². The van der Waals surface area contributed by atoms with Crippen molar-refractivity contribution in [2.75, 3.05) is 18.5 Å². The Morgan fingerprint density at radius 3 is 0.851 bits per heavy atom. The number of unbranched alkanes of at least 4 members (excludes halogenated alkanes) is 30. The molecule has 0 aromatic heterocycles. The molecule has 0 fully saturated rings. The van der Waals surface area contributed by atoms with Crippen LogP contribution in [0.15, 0.2) is 12.1 Å². The van der Waals surface area contributed by atoms with Gasteiger partial charge in [-0.2, -0.15) is 0 Å². The van der Waals surface area contributed by atoms with E-state index in [4.69, 9.17) is 0 Å². The highest BCUT2D eigenvalue weighted by atomic mass is 15.5. The Bertz CT molecular complexity index is 727. The summed E-state index contributed by atoms with van der Waals surface area (Å²) in [7, 11) is 0. The molecule has 0 aliphatic carbocycles. The fourth-order valence-electron chi connectivity index (χ4n) is 7.44. The van der Waals surface area contributed by atoms with E-state index in [1.807, 2.05) is 0 Å². The number of hydrogen-bond donors (Lipinski definition) is 1. The first kappa shape index (κ1) is 44.0. The molecule has 1 rings (SSSR count). The molecule has 0 aliphatic heterocycles. The fourth-order valence-corrected chi connectivity index (χ4v) is 7.44. The molecule has 0 bridgehead atoms. The van der Waals surface area contributed by atoms with Crippen LogP contribution in [0.25, 0.3) is 0 Å². The zero-order chi connectivity index (χ0) is 34.0. The van der Waals surface area contributed by atoms with Crippen LogP contribution in [-0.4, -0.2) is 18.1 Å². The van der Waals surface area contributed by atoms with Crippen LogP contribution in [0.1, 0.15) is 236 Å². The summed E-state index contributed by atoms with van der Waals surface area (Å²) in [5.74, 6) is 0. The van der Waals surface area contributed by atoms with Crippen molar-refractivity contribution >= 4 is 5.69 Å². The monoisotopic (exact) mass is 655 g/mol. The molecule has 2 nitrogen and oxygen atoms in total. The van der Waals surface area contributed by atoms with E-state index in [1.165, 1.54) is 241 Å². The normalized spacial score (nSPS) is 11.6. The van der Waals surface area contributed by atoms with Crippen LogP contribution in [0.3, 0.4) is 0 Å². The number of nitrogens with zero attached hydrogens (tertiary/aromatic N) is 1. The van der Waals surface area contributed by atoms with Gasteiger partial charge in [0.15, 0.2) is 0 Å². The maximum Gasteiger partial charge on any atom is 0.0548 e. The third-order valence-electron chi connectivity index (χ3n) is 10.5. The van der Waals surface area contributed by atoms with E-state index >= 15 is 0 Å². The molecule has 0 amide bonds. The second kappa shape index (κ2) is 33.5. The lowest BCUT2D eigenvalue weighted by Gasteiger charge is -2.27. The average molecular weight is 655 g/mol. The first-order chi connectivity index (χ1) is 23.1. The maximum atomic E-state index is 3.88. The van der Waals surface area contributed by atoms with E-state index in [0.29, 0.717) is 0 Å². The van der Waals surface area contributed by atoms with E-state index in [2.05, 4.69) is 57.2 Å². The largest absolute Gasteiger partial charge is 0.318 e. The zero-order valence-electron chi connectivity index (χ0n) is 33.1. The lowest BCUT2D eigenvalue weighted by atomic mass is 10.0. The first-order valence-electron chi connectivity index (χ1n) is 21.7. The Morgan fingerprint density at radius 2 is 0.596 bits per heavy atom. The lowest BCUT2D eigenvalue weighted by Crippen LogP contribution is -2.32. The Hall–Kier alpha value is -1.02. The second-order valence-corrected chi connectivity index (χ2v) is 15.5. The van der Waals surface area contributed by atoms with Gasteiger partial charge in [-0.25, -0.2) is 5.01 Å². The van der Waals surface area contributed by atoms with Gasteiger partial charge in [0.25, 0.3) is 0 Å². The predicted molar refractivity (Wildman–Crippen MR) is 215 cm³/mol. The second-order valence-electron chi connectivity index (χ2n) is 15.5. The highest BCUT2D eigenvalue weighted by Gasteiger charge is 2.10. The third-order valence-corrected chi connectivity index (χ3v) is 10.5. The first-order valence-corrected chi connectivity index (χ1v) is 21.7. The Kier molecular flexibility index (Phi) is 31.3. The topological polar surface area (TPSA) is 15.3 Å². The van der Waals surface area contributed by atoms with E-state index in [9.17, 15) is 0 Å². The van der Waals surface area contributed by atoms with Gasteiger partial charge in [0.2, 0.25) is 0 Å². The van der Waals surface area contributed by atoms with Crippen LogP contribution in [0.2, 0.25) is 0 Å². The summed E-state index contributed by atoms with van der Waals surface area (Å²) in [4.78, 5) is 0. The van der Waals surface area contributed by atoms with Crippen LogP contribution < -0.4 is 5.43 Å². The average Bonchev–Trinajstić information content (AvgIpc) is 3.05. The number of rotatable bonds is 36. The molecule has 0 saturated heterocycles. The fraction of sp³-hybridized carbons (Fsp3) is 0.867. The molecule has 47 heavy (non-hydrogen) atoms. The number of nitrogens with one attached hydrogen (secondary N) is 1. The molecule has 2 heteroatoms.